The van der Waals surface area contributed by atoms with Gasteiger partial charge in [-0.2, -0.15) is 8.78 Å². The zero-order valence-electron chi connectivity index (χ0n) is 14.6. The lowest BCUT2D eigenvalue weighted by Gasteiger charge is -2.34. The van der Waals surface area contributed by atoms with Crippen molar-refractivity contribution in [1.29, 1.82) is 0 Å². The van der Waals surface area contributed by atoms with Crippen LogP contribution in [-0.2, 0) is 4.74 Å². The van der Waals surface area contributed by atoms with E-state index in [1.807, 2.05) is 0 Å². The van der Waals surface area contributed by atoms with Crippen molar-refractivity contribution >= 4 is 5.91 Å². The van der Waals surface area contributed by atoms with Crippen LogP contribution in [0.5, 0.6) is 5.75 Å². The fraction of sp³-hybridized carbons (Fsp3) is 0.611. The van der Waals surface area contributed by atoms with E-state index in [0.717, 1.165) is 25.9 Å². The Labute approximate surface area is 151 Å². The Morgan fingerprint density at radius 3 is 2.73 bits per heavy atom. The smallest absolute Gasteiger partial charge is 0.387 e. The van der Waals surface area contributed by atoms with Crippen molar-refractivity contribution in [3.8, 4) is 5.75 Å². The highest BCUT2D eigenvalue weighted by atomic mass is 19.3. The van der Waals surface area contributed by atoms with Crippen molar-refractivity contribution in [2.45, 2.75) is 25.1 Å². The minimum Gasteiger partial charge on any atom is -0.434 e. The van der Waals surface area contributed by atoms with Crippen LogP contribution in [0.3, 0.4) is 0 Å². The minimum absolute atomic E-state index is 0.0539. The van der Waals surface area contributed by atoms with Gasteiger partial charge in [0.1, 0.15) is 11.4 Å². The van der Waals surface area contributed by atoms with Gasteiger partial charge >= 0.3 is 6.61 Å². The molecule has 2 aliphatic heterocycles. The van der Waals surface area contributed by atoms with Crippen molar-refractivity contribution in [1.82, 2.24) is 9.80 Å². The summed E-state index contributed by atoms with van der Waals surface area (Å²) in [4.78, 5) is 16.5. The number of carbonyl (C=O) groups is 1. The van der Waals surface area contributed by atoms with Crippen molar-refractivity contribution in [3.05, 3.63) is 29.8 Å². The van der Waals surface area contributed by atoms with Crippen LogP contribution in [0.1, 0.15) is 23.2 Å². The lowest BCUT2D eigenvalue weighted by Crippen LogP contribution is -2.53. The standard InChI is InChI=1S/C18H24F2N2O4/c19-17(20)26-15-6-2-1-5-14(15)16(23)22-9-10-25-13-18(24,12-22)11-21-7-3-4-8-21/h1-2,5-6,17,24H,3-4,7-13H2/t18-/m0/s1. The maximum Gasteiger partial charge on any atom is 0.387 e. The second-order valence-corrected chi connectivity index (χ2v) is 6.86. The van der Waals surface area contributed by atoms with Crippen molar-refractivity contribution in [3.63, 3.8) is 0 Å². The molecule has 2 heterocycles. The zero-order chi connectivity index (χ0) is 18.6. The van der Waals surface area contributed by atoms with Gasteiger partial charge in [-0.3, -0.25) is 4.79 Å². The molecule has 0 bridgehead atoms. The fourth-order valence-electron chi connectivity index (χ4n) is 3.56. The maximum absolute atomic E-state index is 12.9. The molecule has 0 spiro atoms. The predicted molar refractivity (Wildman–Crippen MR) is 90.4 cm³/mol. The first-order chi connectivity index (χ1) is 12.5. The lowest BCUT2D eigenvalue weighted by molar-refractivity contribution is -0.0536. The van der Waals surface area contributed by atoms with Gasteiger partial charge in [0.25, 0.3) is 5.91 Å². The highest BCUT2D eigenvalue weighted by molar-refractivity contribution is 5.97. The van der Waals surface area contributed by atoms with Gasteiger partial charge in [-0.1, -0.05) is 12.1 Å². The first-order valence-corrected chi connectivity index (χ1v) is 8.82. The number of hydrogen-bond donors (Lipinski definition) is 1. The maximum atomic E-state index is 12.9. The largest absolute Gasteiger partial charge is 0.434 e. The first kappa shape index (κ1) is 19.0. The van der Waals surface area contributed by atoms with E-state index in [2.05, 4.69) is 9.64 Å². The van der Waals surface area contributed by atoms with E-state index >= 15 is 0 Å². The van der Waals surface area contributed by atoms with Gasteiger partial charge in [-0.05, 0) is 38.1 Å². The summed E-state index contributed by atoms with van der Waals surface area (Å²) in [6.45, 7) is 0.0434. The van der Waals surface area contributed by atoms with Crippen LogP contribution in [0.15, 0.2) is 24.3 Å². The molecule has 2 fully saturated rings. The summed E-state index contributed by atoms with van der Waals surface area (Å²) >= 11 is 0. The van der Waals surface area contributed by atoms with E-state index in [4.69, 9.17) is 4.74 Å². The SMILES string of the molecule is O=C(c1ccccc1OC(F)F)N1CCOC[C@](O)(CN2CCCC2)C1. The summed E-state index contributed by atoms with van der Waals surface area (Å²) in [5, 5.41) is 11.0. The number of nitrogens with zero attached hydrogens (tertiary/aromatic N) is 2. The average molecular weight is 370 g/mol. The number of ether oxygens (including phenoxy) is 2. The highest BCUT2D eigenvalue weighted by Gasteiger charge is 2.37. The van der Waals surface area contributed by atoms with E-state index in [1.54, 1.807) is 6.07 Å². The van der Waals surface area contributed by atoms with E-state index in [9.17, 15) is 18.7 Å². The van der Waals surface area contributed by atoms with Gasteiger partial charge in [0.2, 0.25) is 0 Å². The summed E-state index contributed by atoms with van der Waals surface area (Å²) in [6, 6.07) is 5.91. The summed E-state index contributed by atoms with van der Waals surface area (Å²) < 4.78 is 35.2. The Balaban J connectivity index is 1.75. The van der Waals surface area contributed by atoms with E-state index < -0.39 is 18.1 Å². The Morgan fingerprint density at radius 1 is 1.27 bits per heavy atom. The third-order valence-corrected chi connectivity index (χ3v) is 4.70. The minimum atomic E-state index is -3.01. The first-order valence-electron chi connectivity index (χ1n) is 8.82. The molecule has 1 amide bonds. The molecule has 6 nitrogen and oxygen atoms in total. The van der Waals surface area contributed by atoms with E-state index in [-0.39, 0.29) is 37.6 Å². The molecule has 0 saturated carbocycles. The molecular weight excluding hydrogens is 346 g/mol. The number of para-hydroxylation sites is 1. The number of hydrogen-bond acceptors (Lipinski definition) is 5. The number of amides is 1. The van der Waals surface area contributed by atoms with Gasteiger partial charge < -0.3 is 24.4 Å². The number of halogens is 2. The average Bonchev–Trinajstić information content (AvgIpc) is 3.01. The molecule has 8 heteroatoms. The molecule has 0 radical (unpaired) electrons. The number of alkyl halides is 2. The molecule has 26 heavy (non-hydrogen) atoms. The van der Waals surface area contributed by atoms with Gasteiger partial charge in [0.05, 0.1) is 25.3 Å². The molecule has 1 aromatic carbocycles. The van der Waals surface area contributed by atoms with E-state index in [0.29, 0.717) is 6.54 Å². The molecule has 2 aliphatic rings. The third-order valence-electron chi connectivity index (χ3n) is 4.70. The van der Waals surface area contributed by atoms with Crippen molar-refractivity contribution < 1.29 is 28.2 Å². The normalized spacial score (nSPS) is 24.7. The third kappa shape index (κ3) is 4.69. The van der Waals surface area contributed by atoms with Gasteiger partial charge in [0.15, 0.2) is 0 Å². The molecule has 1 atom stereocenters. The zero-order valence-corrected chi connectivity index (χ0v) is 14.6. The summed E-state index contributed by atoms with van der Waals surface area (Å²) in [5.41, 5.74) is -1.13. The van der Waals surface area contributed by atoms with Crippen LogP contribution in [-0.4, -0.2) is 79.0 Å². The van der Waals surface area contributed by atoms with Crippen LogP contribution in [0, 0.1) is 0 Å². The number of aliphatic hydroxyl groups is 1. The predicted octanol–water partition coefficient (Wildman–Crippen LogP) is 1.59. The number of rotatable bonds is 5. The monoisotopic (exact) mass is 370 g/mol. The Morgan fingerprint density at radius 2 is 2.00 bits per heavy atom. The fourth-order valence-corrected chi connectivity index (χ4v) is 3.56. The Kier molecular flexibility index (Phi) is 6.05. The molecule has 0 aliphatic carbocycles. The van der Waals surface area contributed by atoms with Crippen LogP contribution in [0.2, 0.25) is 0 Å². The summed E-state index contributed by atoms with van der Waals surface area (Å²) in [5.74, 6) is -0.618. The molecule has 0 unspecified atom stereocenters. The molecule has 0 aromatic heterocycles. The second-order valence-electron chi connectivity index (χ2n) is 6.86. The molecule has 1 N–H and O–H groups in total. The Hall–Kier alpha value is -1.77. The lowest BCUT2D eigenvalue weighted by atomic mass is 10.0. The van der Waals surface area contributed by atoms with Crippen molar-refractivity contribution in [2.75, 3.05) is 45.9 Å². The van der Waals surface area contributed by atoms with Gasteiger partial charge in [-0.25, -0.2) is 0 Å². The van der Waals surface area contributed by atoms with Gasteiger partial charge in [0, 0.05) is 13.1 Å². The van der Waals surface area contributed by atoms with Crippen LogP contribution in [0.25, 0.3) is 0 Å². The topological polar surface area (TPSA) is 62.2 Å². The van der Waals surface area contributed by atoms with Crippen molar-refractivity contribution in [2.24, 2.45) is 0 Å². The second kappa shape index (κ2) is 8.28. The Bertz CT molecular complexity index is 625. The number of β-amino-alcohol motifs (C(OH)–C–C–N with tert-alkyl or cyclic N) is 1. The number of likely N-dealkylation sites (tertiary alicyclic amines) is 1. The van der Waals surface area contributed by atoms with E-state index in [1.165, 1.54) is 23.1 Å². The summed E-state index contributed by atoms with van der Waals surface area (Å²) in [7, 11) is 0. The quantitative estimate of drug-likeness (QED) is 0.853. The highest BCUT2D eigenvalue weighted by Crippen LogP contribution is 2.24. The number of benzene rings is 1. The van der Waals surface area contributed by atoms with Gasteiger partial charge in [-0.15, -0.1) is 0 Å². The molecule has 2 saturated heterocycles. The molecular formula is C18H24F2N2O4. The van der Waals surface area contributed by atoms with Crippen LogP contribution in [0.4, 0.5) is 8.78 Å². The van der Waals surface area contributed by atoms with Crippen LogP contribution < -0.4 is 4.74 Å². The molecule has 3 rings (SSSR count). The van der Waals surface area contributed by atoms with Crippen LogP contribution >= 0.6 is 0 Å². The molecule has 144 valence electrons. The molecule has 1 aromatic rings. The number of carbonyl (C=O) groups excluding carboxylic acids is 1. The summed E-state index contributed by atoms with van der Waals surface area (Å²) in [6.07, 6.45) is 2.19.